The van der Waals surface area contributed by atoms with E-state index in [4.69, 9.17) is 5.11 Å². The summed E-state index contributed by atoms with van der Waals surface area (Å²) in [5, 5.41) is 8.68. The molecule has 106 valence electrons. The predicted octanol–water partition coefficient (Wildman–Crippen LogP) is 2.86. The predicted molar refractivity (Wildman–Crippen MR) is 79.4 cm³/mol. The number of carbonyl (C=O) groups is 2. The summed E-state index contributed by atoms with van der Waals surface area (Å²) >= 11 is 0. The van der Waals surface area contributed by atoms with Crippen molar-refractivity contribution < 1.29 is 14.7 Å². The Morgan fingerprint density at radius 2 is 1.81 bits per heavy atom. The van der Waals surface area contributed by atoms with E-state index in [-0.39, 0.29) is 12.3 Å². The molecule has 0 saturated carbocycles. The zero-order chi connectivity index (χ0) is 14.8. The van der Waals surface area contributed by atoms with E-state index >= 15 is 0 Å². The van der Waals surface area contributed by atoms with Crippen molar-refractivity contribution in [2.24, 2.45) is 0 Å². The van der Waals surface area contributed by atoms with Gasteiger partial charge in [-0.3, -0.25) is 9.59 Å². The SMILES string of the molecule is O=C(O)CCc1ccc(N2Cc3ccccc3C2=O)cc1. The molecule has 2 aromatic carbocycles. The van der Waals surface area contributed by atoms with E-state index < -0.39 is 5.97 Å². The number of carboxylic acid groups (broad SMARTS) is 1. The van der Waals surface area contributed by atoms with Gasteiger partial charge in [-0.1, -0.05) is 30.3 Å². The van der Waals surface area contributed by atoms with E-state index in [1.54, 1.807) is 4.90 Å². The molecule has 0 aliphatic carbocycles. The van der Waals surface area contributed by atoms with Crippen LogP contribution in [0.5, 0.6) is 0 Å². The van der Waals surface area contributed by atoms with Crippen LogP contribution >= 0.6 is 0 Å². The minimum absolute atomic E-state index is 0.0175. The lowest BCUT2D eigenvalue weighted by Gasteiger charge is -2.16. The molecule has 4 heteroatoms. The molecule has 0 atom stereocenters. The fraction of sp³-hybridized carbons (Fsp3) is 0.176. The number of benzene rings is 2. The second kappa shape index (κ2) is 5.40. The average Bonchev–Trinajstić information content (AvgIpc) is 2.83. The van der Waals surface area contributed by atoms with E-state index in [0.29, 0.717) is 13.0 Å². The third-order valence-electron chi connectivity index (χ3n) is 3.70. The molecule has 1 heterocycles. The first-order valence-electron chi connectivity index (χ1n) is 6.85. The molecule has 21 heavy (non-hydrogen) atoms. The van der Waals surface area contributed by atoms with E-state index in [1.165, 1.54) is 0 Å². The lowest BCUT2D eigenvalue weighted by Crippen LogP contribution is -2.22. The first-order valence-corrected chi connectivity index (χ1v) is 6.85. The second-order valence-corrected chi connectivity index (χ2v) is 5.11. The molecule has 0 aromatic heterocycles. The van der Waals surface area contributed by atoms with Crippen LogP contribution in [-0.2, 0) is 17.8 Å². The Hall–Kier alpha value is -2.62. The summed E-state index contributed by atoms with van der Waals surface area (Å²) in [4.78, 5) is 24.7. The quantitative estimate of drug-likeness (QED) is 0.937. The first kappa shape index (κ1) is 13.4. The molecule has 0 unspecified atom stereocenters. The smallest absolute Gasteiger partial charge is 0.303 e. The zero-order valence-corrected chi connectivity index (χ0v) is 11.5. The largest absolute Gasteiger partial charge is 0.481 e. The molecule has 1 aliphatic heterocycles. The molecule has 1 N–H and O–H groups in total. The summed E-state index contributed by atoms with van der Waals surface area (Å²) in [5.74, 6) is -0.784. The highest BCUT2D eigenvalue weighted by Crippen LogP contribution is 2.28. The highest BCUT2D eigenvalue weighted by atomic mass is 16.4. The minimum Gasteiger partial charge on any atom is -0.481 e. The molecular formula is C17H15NO3. The zero-order valence-electron chi connectivity index (χ0n) is 11.5. The number of aryl methyl sites for hydroxylation is 1. The van der Waals surface area contributed by atoms with Gasteiger partial charge in [-0.25, -0.2) is 0 Å². The Kier molecular flexibility index (Phi) is 3.44. The van der Waals surface area contributed by atoms with Crippen molar-refractivity contribution in [1.82, 2.24) is 0 Å². The molecule has 0 bridgehead atoms. The summed E-state index contributed by atoms with van der Waals surface area (Å²) in [6.07, 6.45) is 0.622. The Morgan fingerprint density at radius 3 is 2.48 bits per heavy atom. The fourth-order valence-corrected chi connectivity index (χ4v) is 2.56. The van der Waals surface area contributed by atoms with Crippen LogP contribution in [0.1, 0.15) is 27.9 Å². The van der Waals surface area contributed by atoms with E-state index in [9.17, 15) is 9.59 Å². The van der Waals surface area contributed by atoms with Crippen molar-refractivity contribution >= 4 is 17.6 Å². The Balaban J connectivity index is 1.77. The minimum atomic E-state index is -0.802. The summed E-state index contributed by atoms with van der Waals surface area (Å²) in [6, 6.07) is 15.1. The average molecular weight is 281 g/mol. The molecule has 0 saturated heterocycles. The van der Waals surface area contributed by atoms with E-state index in [2.05, 4.69) is 0 Å². The standard InChI is InChI=1S/C17H15NO3/c19-16(20)10-7-12-5-8-14(9-6-12)18-11-13-3-1-2-4-15(13)17(18)21/h1-6,8-9H,7,10-11H2,(H,19,20). The van der Waals surface area contributed by atoms with Gasteiger partial charge in [-0.05, 0) is 35.7 Å². The normalized spacial score (nSPS) is 13.3. The molecule has 2 aromatic rings. The van der Waals surface area contributed by atoms with Crippen LogP contribution in [0.3, 0.4) is 0 Å². The number of carboxylic acids is 1. The maximum atomic E-state index is 12.3. The number of hydrogen-bond donors (Lipinski definition) is 1. The molecule has 0 spiro atoms. The van der Waals surface area contributed by atoms with E-state index in [0.717, 1.165) is 22.4 Å². The maximum Gasteiger partial charge on any atom is 0.303 e. The summed E-state index contributed by atoms with van der Waals surface area (Å²) in [6.45, 7) is 0.587. The lowest BCUT2D eigenvalue weighted by molar-refractivity contribution is -0.136. The number of rotatable bonds is 4. The molecule has 3 rings (SSSR count). The van der Waals surface area contributed by atoms with Crippen LogP contribution in [-0.4, -0.2) is 17.0 Å². The number of nitrogens with zero attached hydrogens (tertiary/aromatic N) is 1. The van der Waals surface area contributed by atoms with Crippen LogP contribution in [0.15, 0.2) is 48.5 Å². The van der Waals surface area contributed by atoms with Gasteiger partial charge in [0.2, 0.25) is 0 Å². The molecule has 0 fully saturated rings. The second-order valence-electron chi connectivity index (χ2n) is 5.11. The van der Waals surface area contributed by atoms with Crippen molar-refractivity contribution in [3.8, 4) is 0 Å². The van der Waals surface area contributed by atoms with Gasteiger partial charge in [-0.2, -0.15) is 0 Å². The van der Waals surface area contributed by atoms with Crippen LogP contribution in [0.2, 0.25) is 0 Å². The van der Waals surface area contributed by atoms with Crippen LogP contribution in [0.25, 0.3) is 0 Å². The van der Waals surface area contributed by atoms with Crippen molar-refractivity contribution in [2.75, 3.05) is 4.90 Å². The number of amides is 1. The summed E-state index contributed by atoms with van der Waals surface area (Å²) in [5.41, 5.74) is 3.60. The first-order chi connectivity index (χ1) is 10.1. The van der Waals surface area contributed by atoms with Crippen molar-refractivity contribution in [3.05, 3.63) is 65.2 Å². The van der Waals surface area contributed by atoms with Crippen LogP contribution in [0, 0.1) is 0 Å². The van der Waals surface area contributed by atoms with Crippen molar-refractivity contribution in [3.63, 3.8) is 0 Å². The number of carbonyl (C=O) groups excluding carboxylic acids is 1. The van der Waals surface area contributed by atoms with Gasteiger partial charge in [0.15, 0.2) is 0 Å². The molecule has 0 radical (unpaired) electrons. The van der Waals surface area contributed by atoms with Gasteiger partial charge >= 0.3 is 5.97 Å². The molecule has 1 aliphatic rings. The number of anilines is 1. The van der Waals surface area contributed by atoms with Crippen molar-refractivity contribution in [2.45, 2.75) is 19.4 Å². The Labute approximate surface area is 122 Å². The third-order valence-corrected chi connectivity index (χ3v) is 3.70. The van der Waals surface area contributed by atoms with Gasteiger partial charge in [0.05, 0.1) is 6.54 Å². The van der Waals surface area contributed by atoms with Gasteiger partial charge in [0.1, 0.15) is 0 Å². The Bertz CT molecular complexity index is 691. The monoisotopic (exact) mass is 281 g/mol. The number of fused-ring (bicyclic) bond motifs is 1. The van der Waals surface area contributed by atoms with Gasteiger partial charge < -0.3 is 10.0 Å². The number of aliphatic carboxylic acids is 1. The molecule has 4 nitrogen and oxygen atoms in total. The summed E-state index contributed by atoms with van der Waals surface area (Å²) < 4.78 is 0. The van der Waals surface area contributed by atoms with Gasteiger partial charge in [0, 0.05) is 17.7 Å². The third kappa shape index (κ3) is 2.65. The van der Waals surface area contributed by atoms with Crippen molar-refractivity contribution in [1.29, 1.82) is 0 Å². The van der Waals surface area contributed by atoms with Crippen LogP contribution in [0.4, 0.5) is 5.69 Å². The lowest BCUT2D eigenvalue weighted by atomic mass is 10.1. The maximum absolute atomic E-state index is 12.3. The fourth-order valence-electron chi connectivity index (χ4n) is 2.56. The molecular weight excluding hydrogens is 266 g/mol. The molecule has 1 amide bonds. The highest BCUT2D eigenvalue weighted by molar-refractivity contribution is 6.09. The Morgan fingerprint density at radius 1 is 1.10 bits per heavy atom. The van der Waals surface area contributed by atoms with Gasteiger partial charge in [0.25, 0.3) is 5.91 Å². The topological polar surface area (TPSA) is 57.6 Å². The number of hydrogen-bond acceptors (Lipinski definition) is 2. The van der Waals surface area contributed by atoms with Gasteiger partial charge in [-0.15, -0.1) is 0 Å². The van der Waals surface area contributed by atoms with E-state index in [1.807, 2.05) is 48.5 Å². The highest BCUT2D eigenvalue weighted by Gasteiger charge is 2.27. The summed E-state index contributed by atoms with van der Waals surface area (Å²) in [7, 11) is 0. The van der Waals surface area contributed by atoms with Crippen LogP contribution < -0.4 is 4.90 Å².